The van der Waals surface area contributed by atoms with E-state index in [-0.39, 0.29) is 23.1 Å². The van der Waals surface area contributed by atoms with Gasteiger partial charge in [0.2, 0.25) is 5.91 Å². The number of aromatic nitrogens is 2. The Morgan fingerprint density at radius 3 is 2.58 bits per heavy atom. The minimum absolute atomic E-state index is 0.143. The van der Waals surface area contributed by atoms with Crippen molar-refractivity contribution < 1.29 is 9.18 Å². The molecule has 0 bridgehead atoms. The van der Waals surface area contributed by atoms with Crippen molar-refractivity contribution in [1.82, 2.24) is 9.55 Å². The molecule has 0 saturated heterocycles. The largest absolute Gasteiger partial charge is 0.326 e. The zero-order valence-corrected chi connectivity index (χ0v) is 18.3. The molecule has 1 N–H and O–H groups in total. The monoisotopic (exact) mass is 435 g/mol. The lowest BCUT2D eigenvalue weighted by Gasteiger charge is -2.09. The molecule has 158 valence electrons. The van der Waals surface area contributed by atoms with Gasteiger partial charge in [0.25, 0.3) is 5.56 Å². The summed E-state index contributed by atoms with van der Waals surface area (Å²) in [5.74, 6) is -1.00. The lowest BCUT2D eigenvalue weighted by atomic mass is 10.1. The van der Waals surface area contributed by atoms with Gasteiger partial charge in [0.1, 0.15) is 10.5 Å². The minimum Gasteiger partial charge on any atom is -0.326 e. The standard InChI is InChI=1S/C24H22FN3O2S/c1-14(2)23(29)27-19-9-8-17(10-18(19)25)21-11-20-22(31-21)24(30)26-13-28(20)12-16-6-4-15(3)5-7-16/h4-11,13-14H,12H2,1-3H3,(H,27,29). The van der Waals surface area contributed by atoms with Gasteiger partial charge >= 0.3 is 0 Å². The van der Waals surface area contributed by atoms with Crippen molar-refractivity contribution >= 4 is 33.1 Å². The summed E-state index contributed by atoms with van der Waals surface area (Å²) in [7, 11) is 0. The molecule has 0 radical (unpaired) electrons. The normalized spacial score (nSPS) is 11.3. The second-order valence-electron chi connectivity index (χ2n) is 7.83. The molecular formula is C24H22FN3O2S. The first-order valence-electron chi connectivity index (χ1n) is 9.97. The quantitative estimate of drug-likeness (QED) is 0.468. The molecule has 5 nitrogen and oxygen atoms in total. The van der Waals surface area contributed by atoms with Crippen LogP contribution < -0.4 is 10.9 Å². The Bertz CT molecular complexity index is 1320. The summed E-state index contributed by atoms with van der Waals surface area (Å²) in [5.41, 5.74) is 3.53. The first kappa shape index (κ1) is 20.9. The highest BCUT2D eigenvalue weighted by atomic mass is 32.1. The lowest BCUT2D eigenvalue weighted by Crippen LogP contribution is -2.18. The van der Waals surface area contributed by atoms with E-state index in [1.54, 1.807) is 32.3 Å². The number of nitrogens with one attached hydrogen (secondary N) is 1. The molecule has 0 saturated carbocycles. The van der Waals surface area contributed by atoms with Crippen LogP contribution in [0.3, 0.4) is 0 Å². The lowest BCUT2D eigenvalue weighted by molar-refractivity contribution is -0.118. The maximum atomic E-state index is 14.6. The molecule has 0 fully saturated rings. The van der Waals surface area contributed by atoms with E-state index in [9.17, 15) is 14.0 Å². The van der Waals surface area contributed by atoms with Crippen molar-refractivity contribution in [3.05, 3.63) is 82.2 Å². The van der Waals surface area contributed by atoms with Gasteiger partial charge in [-0.3, -0.25) is 9.59 Å². The smallest absolute Gasteiger partial charge is 0.290 e. The van der Waals surface area contributed by atoms with Crippen molar-refractivity contribution in [3.8, 4) is 10.4 Å². The predicted octanol–water partition coefficient (Wildman–Crippen LogP) is 5.22. The maximum Gasteiger partial charge on any atom is 0.290 e. The van der Waals surface area contributed by atoms with Crippen LogP contribution in [-0.2, 0) is 11.3 Å². The molecule has 0 spiro atoms. The van der Waals surface area contributed by atoms with Crippen LogP contribution in [0.15, 0.2) is 59.7 Å². The number of anilines is 1. The fourth-order valence-electron chi connectivity index (χ4n) is 3.20. The van der Waals surface area contributed by atoms with Gasteiger partial charge in [0.05, 0.1) is 17.5 Å². The fraction of sp³-hybridized carbons (Fsp3) is 0.208. The molecule has 0 unspecified atom stereocenters. The van der Waals surface area contributed by atoms with Gasteiger partial charge in [-0.05, 0) is 36.2 Å². The molecule has 31 heavy (non-hydrogen) atoms. The van der Waals surface area contributed by atoms with Crippen molar-refractivity contribution in [2.45, 2.75) is 27.3 Å². The molecule has 7 heteroatoms. The molecule has 1 amide bonds. The molecular weight excluding hydrogens is 413 g/mol. The third-order valence-corrected chi connectivity index (χ3v) is 6.20. The molecule has 4 rings (SSSR count). The number of rotatable bonds is 5. The number of hydrogen-bond donors (Lipinski definition) is 1. The summed E-state index contributed by atoms with van der Waals surface area (Å²) >= 11 is 1.29. The predicted molar refractivity (Wildman–Crippen MR) is 123 cm³/mol. The van der Waals surface area contributed by atoms with Crippen molar-refractivity contribution in [2.75, 3.05) is 5.32 Å². The van der Waals surface area contributed by atoms with E-state index in [0.29, 0.717) is 16.8 Å². The van der Waals surface area contributed by atoms with Gasteiger partial charge < -0.3 is 9.88 Å². The Kier molecular flexibility index (Phi) is 5.69. The van der Waals surface area contributed by atoms with E-state index in [2.05, 4.69) is 10.3 Å². The van der Waals surface area contributed by atoms with Crippen LogP contribution in [0.2, 0.25) is 0 Å². The Morgan fingerprint density at radius 2 is 1.90 bits per heavy atom. The average molecular weight is 436 g/mol. The van der Waals surface area contributed by atoms with Crippen LogP contribution in [0, 0.1) is 18.7 Å². The number of thiophene rings is 1. The zero-order valence-electron chi connectivity index (χ0n) is 17.5. The van der Waals surface area contributed by atoms with E-state index in [1.165, 1.54) is 23.0 Å². The summed E-state index contributed by atoms with van der Waals surface area (Å²) in [6.45, 7) is 6.11. The molecule has 2 aromatic carbocycles. The minimum atomic E-state index is -0.517. The number of carbonyl (C=O) groups is 1. The van der Waals surface area contributed by atoms with Crippen LogP contribution in [0.25, 0.3) is 20.7 Å². The van der Waals surface area contributed by atoms with E-state index in [0.717, 1.165) is 16.0 Å². The van der Waals surface area contributed by atoms with E-state index in [1.807, 2.05) is 41.8 Å². The third-order valence-electron chi connectivity index (χ3n) is 5.04. The molecule has 0 aliphatic heterocycles. The summed E-state index contributed by atoms with van der Waals surface area (Å²) in [6.07, 6.45) is 1.55. The summed E-state index contributed by atoms with van der Waals surface area (Å²) in [4.78, 5) is 29.0. The molecule has 2 heterocycles. The van der Waals surface area contributed by atoms with Crippen LogP contribution in [0.1, 0.15) is 25.0 Å². The van der Waals surface area contributed by atoms with Gasteiger partial charge in [-0.25, -0.2) is 4.39 Å². The summed E-state index contributed by atoms with van der Waals surface area (Å²) < 4.78 is 17.1. The Labute approximate surface area is 183 Å². The summed E-state index contributed by atoms with van der Waals surface area (Å²) in [5, 5.41) is 2.59. The molecule has 0 aliphatic rings. The first-order valence-corrected chi connectivity index (χ1v) is 10.8. The van der Waals surface area contributed by atoms with Crippen molar-refractivity contribution in [1.29, 1.82) is 0 Å². The Morgan fingerprint density at radius 1 is 1.16 bits per heavy atom. The molecule has 0 atom stereocenters. The number of benzene rings is 2. The van der Waals surface area contributed by atoms with Crippen LogP contribution in [0.5, 0.6) is 0 Å². The topological polar surface area (TPSA) is 64.0 Å². The molecule has 2 aromatic heterocycles. The van der Waals surface area contributed by atoms with E-state index < -0.39 is 5.82 Å². The highest BCUT2D eigenvalue weighted by Gasteiger charge is 2.15. The number of carbonyl (C=O) groups excluding carboxylic acids is 1. The highest BCUT2D eigenvalue weighted by Crippen LogP contribution is 2.33. The number of nitrogens with zero attached hydrogens (tertiary/aromatic N) is 2. The average Bonchev–Trinajstić information content (AvgIpc) is 3.19. The molecule has 0 aliphatic carbocycles. The van der Waals surface area contributed by atoms with E-state index in [4.69, 9.17) is 0 Å². The number of fused-ring (bicyclic) bond motifs is 1. The van der Waals surface area contributed by atoms with Crippen molar-refractivity contribution in [2.24, 2.45) is 5.92 Å². The van der Waals surface area contributed by atoms with Gasteiger partial charge in [0.15, 0.2) is 0 Å². The maximum absolute atomic E-state index is 14.6. The zero-order chi connectivity index (χ0) is 22.1. The fourth-order valence-corrected chi connectivity index (χ4v) is 4.25. The summed E-state index contributed by atoms with van der Waals surface area (Å²) in [6, 6.07) is 14.7. The van der Waals surface area contributed by atoms with Crippen LogP contribution in [-0.4, -0.2) is 15.5 Å². The third kappa shape index (κ3) is 4.41. The van der Waals surface area contributed by atoms with Crippen LogP contribution in [0.4, 0.5) is 10.1 Å². The number of halogens is 1. The molecule has 4 aromatic rings. The van der Waals surface area contributed by atoms with Crippen LogP contribution >= 0.6 is 11.3 Å². The number of hydrogen-bond acceptors (Lipinski definition) is 4. The Hall–Kier alpha value is -3.32. The number of aryl methyl sites for hydroxylation is 1. The highest BCUT2D eigenvalue weighted by molar-refractivity contribution is 7.22. The second kappa shape index (κ2) is 8.43. The SMILES string of the molecule is Cc1ccc(Cn2cnc(=O)c3sc(-c4ccc(NC(=O)C(C)C)c(F)c4)cc32)cc1. The van der Waals surface area contributed by atoms with E-state index >= 15 is 0 Å². The van der Waals surface area contributed by atoms with Gasteiger partial charge in [-0.15, -0.1) is 11.3 Å². The second-order valence-corrected chi connectivity index (χ2v) is 8.88. The number of amides is 1. The van der Waals surface area contributed by atoms with Crippen molar-refractivity contribution in [3.63, 3.8) is 0 Å². The Balaban J connectivity index is 1.70. The van der Waals surface area contributed by atoms with Gasteiger partial charge in [0, 0.05) is 17.3 Å². The first-order chi connectivity index (χ1) is 14.8. The van der Waals surface area contributed by atoms with Gasteiger partial charge in [-0.2, -0.15) is 4.98 Å². The van der Waals surface area contributed by atoms with Gasteiger partial charge in [-0.1, -0.05) is 49.7 Å².